The summed E-state index contributed by atoms with van der Waals surface area (Å²) in [6.45, 7) is 3.52. The van der Waals surface area contributed by atoms with E-state index in [2.05, 4.69) is 22.2 Å². The quantitative estimate of drug-likeness (QED) is 0.374. The fraction of sp³-hybridized carbons (Fsp3) is 0.200. The molecule has 0 bridgehead atoms. The van der Waals surface area contributed by atoms with Gasteiger partial charge in [-0.15, -0.1) is 0 Å². The second-order valence-corrected chi connectivity index (χ2v) is 10.1. The average molecular weight is 541 g/mol. The molecule has 0 saturated carbocycles. The van der Waals surface area contributed by atoms with Gasteiger partial charge in [0.15, 0.2) is 0 Å². The third kappa shape index (κ3) is 5.13. The number of hydrogen-bond acceptors (Lipinski definition) is 6. The first-order valence-electron chi connectivity index (χ1n) is 12.8. The van der Waals surface area contributed by atoms with Crippen LogP contribution in [0.15, 0.2) is 77.9 Å². The fourth-order valence-electron chi connectivity index (χ4n) is 4.89. The topological polar surface area (TPSA) is 73.7 Å². The van der Waals surface area contributed by atoms with Crippen molar-refractivity contribution in [2.45, 2.75) is 6.54 Å². The van der Waals surface area contributed by atoms with Crippen LogP contribution in [0.2, 0.25) is 5.02 Å². The maximum atomic E-state index is 14.8. The lowest BCUT2D eigenvalue weighted by molar-refractivity contribution is 0.0664. The van der Waals surface area contributed by atoms with Gasteiger partial charge in [-0.1, -0.05) is 29.8 Å². The number of aromatic nitrogens is 2. The summed E-state index contributed by atoms with van der Waals surface area (Å²) in [6, 6.07) is 19.4. The molecule has 0 radical (unpaired) electrons. The number of benzene rings is 3. The molecule has 0 atom stereocenters. The van der Waals surface area contributed by atoms with Gasteiger partial charge in [0.05, 0.1) is 18.0 Å². The normalized spacial score (nSPS) is 15.2. The number of likely N-dealkylation sites (N-methyl/N-ethyl adjacent to an activating group) is 1. The highest BCUT2D eigenvalue weighted by Gasteiger charge is 2.23. The molecule has 4 aromatic rings. The minimum Gasteiger partial charge on any atom is -0.336 e. The first-order chi connectivity index (χ1) is 19.0. The van der Waals surface area contributed by atoms with Crippen molar-refractivity contribution in [3.05, 3.63) is 106 Å². The Balaban J connectivity index is 1.28. The lowest BCUT2D eigenvalue weighted by Gasteiger charge is -2.32. The van der Waals surface area contributed by atoms with Crippen molar-refractivity contribution in [2.75, 3.05) is 38.5 Å². The van der Waals surface area contributed by atoms with Gasteiger partial charge >= 0.3 is 0 Å². The third-order valence-corrected chi connectivity index (χ3v) is 7.31. The number of piperazine rings is 1. The SMILES string of the molecule is CN1CCN(C(=O)c2ccc(Nc3ncc4c(n3)-c3ccc(Cl)cc3C(c3ccccc3F)=NC4)cc2)CC1. The fourth-order valence-corrected chi connectivity index (χ4v) is 5.06. The zero-order valence-electron chi connectivity index (χ0n) is 21.4. The first kappa shape index (κ1) is 25.2. The summed E-state index contributed by atoms with van der Waals surface area (Å²) in [5.74, 6) is 0.0927. The Morgan fingerprint density at radius 1 is 0.949 bits per heavy atom. The van der Waals surface area contributed by atoms with Crippen molar-refractivity contribution >= 4 is 34.9 Å². The minimum absolute atomic E-state index is 0.0388. The van der Waals surface area contributed by atoms with Gasteiger partial charge < -0.3 is 15.1 Å². The molecule has 1 saturated heterocycles. The standard InChI is InChI=1S/C30H26ClFN6O/c1-37-12-14-38(15-13-37)29(39)19-6-9-22(10-7-19)35-30-34-18-20-17-33-28(24-4-2-3-5-26(24)32)25-16-21(31)8-11-23(25)27(20)36-30/h2-11,16,18H,12-15,17H2,1H3,(H,34,35,36). The Labute approximate surface area is 231 Å². The van der Waals surface area contributed by atoms with Crippen LogP contribution in [-0.2, 0) is 6.54 Å². The second-order valence-electron chi connectivity index (χ2n) is 9.70. The van der Waals surface area contributed by atoms with Crippen molar-refractivity contribution in [3.63, 3.8) is 0 Å². The van der Waals surface area contributed by atoms with E-state index in [-0.39, 0.29) is 11.7 Å². The smallest absolute Gasteiger partial charge is 0.253 e. The van der Waals surface area contributed by atoms with Gasteiger partial charge in [0.1, 0.15) is 5.82 Å². The zero-order valence-corrected chi connectivity index (χ0v) is 22.1. The third-order valence-electron chi connectivity index (χ3n) is 7.07. The highest BCUT2D eigenvalue weighted by atomic mass is 35.5. The Morgan fingerprint density at radius 2 is 1.72 bits per heavy atom. The molecule has 2 aliphatic rings. The number of nitrogens with zero attached hydrogens (tertiary/aromatic N) is 5. The van der Waals surface area contributed by atoms with E-state index < -0.39 is 0 Å². The number of anilines is 2. The lowest BCUT2D eigenvalue weighted by Crippen LogP contribution is -2.47. The van der Waals surface area contributed by atoms with E-state index in [1.807, 2.05) is 35.2 Å². The molecule has 39 heavy (non-hydrogen) atoms. The van der Waals surface area contributed by atoms with Crippen LogP contribution in [0.5, 0.6) is 0 Å². The van der Waals surface area contributed by atoms with Crippen LogP contribution in [0, 0.1) is 5.82 Å². The van der Waals surface area contributed by atoms with Gasteiger partial charge in [-0.3, -0.25) is 9.79 Å². The van der Waals surface area contributed by atoms with Gasteiger partial charge in [0.2, 0.25) is 5.95 Å². The Morgan fingerprint density at radius 3 is 2.49 bits per heavy atom. The molecule has 0 aliphatic carbocycles. The van der Waals surface area contributed by atoms with Gasteiger partial charge in [0, 0.05) is 70.9 Å². The number of fused-ring (bicyclic) bond motifs is 3. The predicted octanol–water partition coefficient (Wildman–Crippen LogP) is 5.42. The average Bonchev–Trinajstić information content (AvgIpc) is 3.10. The van der Waals surface area contributed by atoms with Crippen LogP contribution < -0.4 is 5.32 Å². The van der Waals surface area contributed by atoms with Crippen LogP contribution >= 0.6 is 11.6 Å². The summed E-state index contributed by atoms with van der Waals surface area (Å²) in [4.78, 5) is 31.0. The van der Waals surface area contributed by atoms with Gasteiger partial charge in [-0.05, 0) is 55.6 Å². The van der Waals surface area contributed by atoms with Gasteiger partial charge in [-0.25, -0.2) is 14.4 Å². The predicted molar refractivity (Wildman–Crippen MR) is 151 cm³/mol. The number of aliphatic imine (C=N–C) groups is 1. The number of halogens is 2. The minimum atomic E-state index is -0.351. The number of carbonyl (C=O) groups is 1. The van der Waals surface area contributed by atoms with Gasteiger partial charge in [0.25, 0.3) is 5.91 Å². The lowest BCUT2D eigenvalue weighted by atomic mass is 9.95. The zero-order chi connectivity index (χ0) is 26.9. The number of rotatable bonds is 4. The van der Waals surface area contributed by atoms with E-state index in [4.69, 9.17) is 21.6 Å². The molecule has 1 aromatic heterocycles. The van der Waals surface area contributed by atoms with Gasteiger partial charge in [-0.2, -0.15) is 0 Å². The van der Waals surface area contributed by atoms with Crippen LogP contribution in [0.3, 0.4) is 0 Å². The number of nitrogens with one attached hydrogen (secondary N) is 1. The molecule has 3 heterocycles. The number of hydrogen-bond donors (Lipinski definition) is 1. The van der Waals surface area contributed by atoms with E-state index in [1.54, 1.807) is 36.5 Å². The van der Waals surface area contributed by atoms with E-state index in [9.17, 15) is 9.18 Å². The summed E-state index contributed by atoms with van der Waals surface area (Å²) in [6.07, 6.45) is 1.74. The molecule has 9 heteroatoms. The molecular weight excluding hydrogens is 515 g/mol. The van der Waals surface area contributed by atoms with E-state index >= 15 is 0 Å². The maximum absolute atomic E-state index is 14.8. The van der Waals surface area contributed by atoms with Crippen LogP contribution in [0.1, 0.15) is 27.0 Å². The maximum Gasteiger partial charge on any atom is 0.253 e. The van der Waals surface area contributed by atoms with Crippen LogP contribution in [-0.4, -0.2) is 64.6 Å². The van der Waals surface area contributed by atoms with Crippen molar-refractivity contribution < 1.29 is 9.18 Å². The van der Waals surface area contributed by atoms with Crippen molar-refractivity contribution in [1.82, 2.24) is 19.8 Å². The highest BCUT2D eigenvalue weighted by molar-refractivity contribution is 6.31. The summed E-state index contributed by atoms with van der Waals surface area (Å²) in [5, 5.41) is 3.77. The summed E-state index contributed by atoms with van der Waals surface area (Å²) >= 11 is 6.36. The van der Waals surface area contributed by atoms with Crippen LogP contribution in [0.4, 0.5) is 16.0 Å². The molecule has 3 aromatic carbocycles. The Bertz CT molecular complexity index is 1580. The molecule has 1 fully saturated rings. The highest BCUT2D eigenvalue weighted by Crippen LogP contribution is 2.34. The molecule has 0 spiro atoms. The molecule has 2 aliphatic heterocycles. The summed E-state index contributed by atoms with van der Waals surface area (Å²) in [5.41, 5.74) is 5.38. The Hall–Kier alpha value is -4.14. The largest absolute Gasteiger partial charge is 0.336 e. The monoisotopic (exact) mass is 540 g/mol. The molecule has 196 valence electrons. The second kappa shape index (κ2) is 10.6. The van der Waals surface area contributed by atoms with Crippen molar-refractivity contribution in [2.24, 2.45) is 4.99 Å². The molecule has 6 rings (SSSR count). The van der Waals surface area contributed by atoms with Crippen molar-refractivity contribution in [1.29, 1.82) is 0 Å². The number of amides is 1. The molecule has 0 unspecified atom stereocenters. The summed E-state index contributed by atoms with van der Waals surface area (Å²) in [7, 11) is 2.07. The van der Waals surface area contributed by atoms with Crippen LogP contribution in [0.25, 0.3) is 11.3 Å². The van der Waals surface area contributed by atoms with Crippen molar-refractivity contribution in [3.8, 4) is 11.3 Å². The first-order valence-corrected chi connectivity index (χ1v) is 13.1. The van der Waals surface area contributed by atoms with E-state index in [1.165, 1.54) is 6.07 Å². The molecular formula is C30H26ClFN6O. The van der Waals surface area contributed by atoms with E-state index in [0.29, 0.717) is 45.6 Å². The number of carbonyl (C=O) groups excluding carboxylic acids is 1. The molecule has 1 N–H and O–H groups in total. The summed E-state index contributed by atoms with van der Waals surface area (Å²) < 4.78 is 14.8. The molecule has 1 amide bonds. The van der Waals surface area contributed by atoms with E-state index in [0.717, 1.165) is 43.0 Å². The Kier molecular flexibility index (Phi) is 6.81. The molecule has 7 nitrogen and oxygen atoms in total.